The monoisotopic (exact) mass is 279 g/mol. The SMILES string of the molecule is CS(=O)(=O)c1cnn(C(CCN)c2ccccc2)c1. The van der Waals surface area contributed by atoms with Crippen LogP contribution in [0, 0.1) is 0 Å². The molecular formula is C13H17N3O2S. The van der Waals surface area contributed by atoms with Crippen LogP contribution in [0.1, 0.15) is 18.0 Å². The number of benzene rings is 1. The van der Waals surface area contributed by atoms with E-state index in [2.05, 4.69) is 5.10 Å². The Balaban J connectivity index is 2.38. The summed E-state index contributed by atoms with van der Waals surface area (Å²) < 4.78 is 24.6. The van der Waals surface area contributed by atoms with E-state index in [4.69, 9.17) is 5.73 Å². The molecule has 1 aromatic carbocycles. The molecule has 5 nitrogen and oxygen atoms in total. The lowest BCUT2D eigenvalue weighted by Gasteiger charge is -2.17. The third kappa shape index (κ3) is 3.21. The maximum absolute atomic E-state index is 11.5. The molecule has 1 heterocycles. The van der Waals surface area contributed by atoms with Crippen LogP contribution in [0.15, 0.2) is 47.6 Å². The highest BCUT2D eigenvalue weighted by Gasteiger charge is 2.17. The van der Waals surface area contributed by atoms with Gasteiger partial charge in [0.2, 0.25) is 0 Å². The minimum absolute atomic E-state index is 0.0401. The van der Waals surface area contributed by atoms with Crippen LogP contribution in [-0.2, 0) is 9.84 Å². The van der Waals surface area contributed by atoms with Gasteiger partial charge in [-0.15, -0.1) is 0 Å². The molecule has 0 saturated carbocycles. The Morgan fingerprint density at radius 3 is 2.53 bits per heavy atom. The fraction of sp³-hybridized carbons (Fsp3) is 0.308. The number of nitrogens with two attached hydrogens (primary N) is 1. The zero-order valence-electron chi connectivity index (χ0n) is 10.7. The third-order valence-corrected chi connectivity index (χ3v) is 4.02. The average molecular weight is 279 g/mol. The molecule has 1 aromatic heterocycles. The average Bonchev–Trinajstić information content (AvgIpc) is 2.86. The Kier molecular flexibility index (Phi) is 4.01. The Bertz CT molecular complexity index is 635. The van der Waals surface area contributed by atoms with Gasteiger partial charge in [0.05, 0.1) is 12.2 Å². The summed E-state index contributed by atoms with van der Waals surface area (Å²) in [5.41, 5.74) is 6.70. The fourth-order valence-corrected chi connectivity index (χ4v) is 2.51. The molecule has 19 heavy (non-hydrogen) atoms. The van der Waals surface area contributed by atoms with E-state index in [9.17, 15) is 8.42 Å². The van der Waals surface area contributed by atoms with Gasteiger partial charge in [0.25, 0.3) is 0 Å². The van der Waals surface area contributed by atoms with Crippen molar-refractivity contribution in [3.8, 4) is 0 Å². The van der Waals surface area contributed by atoms with Crippen molar-refractivity contribution < 1.29 is 8.42 Å². The van der Waals surface area contributed by atoms with Gasteiger partial charge in [0.1, 0.15) is 4.90 Å². The summed E-state index contributed by atoms with van der Waals surface area (Å²) in [5.74, 6) is 0. The zero-order chi connectivity index (χ0) is 13.9. The van der Waals surface area contributed by atoms with E-state index >= 15 is 0 Å². The molecule has 2 N–H and O–H groups in total. The lowest BCUT2D eigenvalue weighted by molar-refractivity contribution is 0.494. The Morgan fingerprint density at radius 2 is 2.00 bits per heavy atom. The Morgan fingerprint density at radius 1 is 1.32 bits per heavy atom. The highest BCUT2D eigenvalue weighted by atomic mass is 32.2. The van der Waals surface area contributed by atoms with Gasteiger partial charge < -0.3 is 5.73 Å². The molecule has 0 spiro atoms. The van der Waals surface area contributed by atoms with Crippen molar-refractivity contribution >= 4 is 9.84 Å². The molecule has 0 fully saturated rings. The van der Waals surface area contributed by atoms with E-state index in [-0.39, 0.29) is 10.9 Å². The first-order chi connectivity index (χ1) is 9.02. The molecule has 2 aromatic rings. The van der Waals surface area contributed by atoms with Crippen molar-refractivity contribution in [1.29, 1.82) is 0 Å². The van der Waals surface area contributed by atoms with Gasteiger partial charge in [-0.3, -0.25) is 4.68 Å². The minimum Gasteiger partial charge on any atom is -0.330 e. The molecule has 0 saturated heterocycles. The molecule has 0 aliphatic rings. The number of nitrogens with zero attached hydrogens (tertiary/aromatic N) is 2. The molecule has 1 atom stereocenters. The normalized spacial score (nSPS) is 13.4. The first-order valence-electron chi connectivity index (χ1n) is 6.01. The molecule has 0 amide bonds. The molecule has 0 bridgehead atoms. The van der Waals surface area contributed by atoms with E-state index in [0.717, 1.165) is 5.56 Å². The summed E-state index contributed by atoms with van der Waals surface area (Å²) >= 11 is 0. The van der Waals surface area contributed by atoms with Crippen LogP contribution in [0.2, 0.25) is 0 Å². The fourth-order valence-electron chi connectivity index (χ4n) is 1.97. The molecule has 6 heteroatoms. The standard InChI is InChI=1S/C13H17N3O2S/c1-19(17,18)12-9-15-16(10-12)13(7-8-14)11-5-3-2-4-6-11/h2-6,9-10,13H,7-8,14H2,1H3. The van der Waals surface area contributed by atoms with Crippen LogP contribution < -0.4 is 5.73 Å². The summed E-state index contributed by atoms with van der Waals surface area (Å²) in [6.07, 6.45) is 4.81. The van der Waals surface area contributed by atoms with Gasteiger partial charge in [-0.05, 0) is 18.5 Å². The zero-order valence-corrected chi connectivity index (χ0v) is 11.5. The quantitative estimate of drug-likeness (QED) is 0.892. The number of sulfone groups is 1. The van der Waals surface area contributed by atoms with Gasteiger partial charge in [-0.2, -0.15) is 5.10 Å². The van der Waals surface area contributed by atoms with E-state index in [1.807, 2.05) is 30.3 Å². The van der Waals surface area contributed by atoms with Crippen molar-refractivity contribution in [2.75, 3.05) is 12.8 Å². The Hall–Kier alpha value is -1.66. The number of hydrogen-bond donors (Lipinski definition) is 1. The smallest absolute Gasteiger partial charge is 0.178 e. The summed E-state index contributed by atoms with van der Waals surface area (Å²) in [6.45, 7) is 0.508. The van der Waals surface area contributed by atoms with Gasteiger partial charge in [-0.25, -0.2) is 8.42 Å². The minimum atomic E-state index is -3.23. The number of rotatable bonds is 5. The first kappa shape index (κ1) is 13.8. The summed E-state index contributed by atoms with van der Waals surface area (Å²) in [5, 5.41) is 4.16. The van der Waals surface area contributed by atoms with Crippen molar-refractivity contribution in [2.24, 2.45) is 5.73 Å². The highest BCUT2D eigenvalue weighted by molar-refractivity contribution is 7.90. The second kappa shape index (κ2) is 5.54. The predicted octanol–water partition coefficient (Wildman–Crippen LogP) is 1.22. The Labute approximate surface area is 113 Å². The van der Waals surface area contributed by atoms with Crippen LogP contribution in [0.3, 0.4) is 0 Å². The summed E-state index contributed by atoms with van der Waals surface area (Å²) in [7, 11) is -3.23. The van der Waals surface area contributed by atoms with Crippen LogP contribution >= 0.6 is 0 Å². The van der Waals surface area contributed by atoms with Gasteiger partial charge in [0.15, 0.2) is 9.84 Å². The summed E-state index contributed by atoms with van der Waals surface area (Å²) in [6, 6.07) is 9.76. The van der Waals surface area contributed by atoms with Crippen LogP contribution in [0.25, 0.3) is 0 Å². The number of aromatic nitrogens is 2. The summed E-state index contributed by atoms with van der Waals surface area (Å²) in [4.78, 5) is 0.227. The topological polar surface area (TPSA) is 78.0 Å². The number of hydrogen-bond acceptors (Lipinski definition) is 4. The second-order valence-corrected chi connectivity index (χ2v) is 6.45. The van der Waals surface area contributed by atoms with E-state index in [0.29, 0.717) is 13.0 Å². The molecule has 0 aliphatic heterocycles. The van der Waals surface area contributed by atoms with Crippen molar-refractivity contribution in [1.82, 2.24) is 9.78 Å². The molecule has 1 unspecified atom stereocenters. The van der Waals surface area contributed by atoms with Crippen molar-refractivity contribution in [3.63, 3.8) is 0 Å². The van der Waals surface area contributed by atoms with Crippen molar-refractivity contribution in [2.45, 2.75) is 17.4 Å². The van der Waals surface area contributed by atoms with Crippen molar-refractivity contribution in [3.05, 3.63) is 48.3 Å². The lowest BCUT2D eigenvalue weighted by Crippen LogP contribution is -2.15. The van der Waals surface area contributed by atoms with E-state index < -0.39 is 9.84 Å². The molecule has 102 valence electrons. The van der Waals surface area contributed by atoms with Crippen LogP contribution in [0.4, 0.5) is 0 Å². The largest absolute Gasteiger partial charge is 0.330 e. The van der Waals surface area contributed by atoms with Gasteiger partial charge in [0, 0.05) is 12.5 Å². The maximum atomic E-state index is 11.5. The third-order valence-electron chi connectivity index (χ3n) is 2.95. The molecule has 0 aliphatic carbocycles. The van der Waals surface area contributed by atoms with Crippen LogP contribution in [0.5, 0.6) is 0 Å². The van der Waals surface area contributed by atoms with E-state index in [1.165, 1.54) is 12.5 Å². The van der Waals surface area contributed by atoms with E-state index in [1.54, 1.807) is 10.9 Å². The highest BCUT2D eigenvalue weighted by Crippen LogP contribution is 2.22. The predicted molar refractivity (Wildman–Crippen MR) is 73.6 cm³/mol. The first-order valence-corrected chi connectivity index (χ1v) is 7.90. The molecular weight excluding hydrogens is 262 g/mol. The lowest BCUT2D eigenvalue weighted by atomic mass is 10.0. The van der Waals surface area contributed by atoms with Gasteiger partial charge >= 0.3 is 0 Å². The van der Waals surface area contributed by atoms with Crippen LogP contribution in [-0.4, -0.2) is 31.0 Å². The maximum Gasteiger partial charge on any atom is 0.178 e. The second-order valence-electron chi connectivity index (χ2n) is 4.43. The van der Waals surface area contributed by atoms with Gasteiger partial charge in [-0.1, -0.05) is 30.3 Å². The molecule has 0 radical (unpaired) electrons. The molecule has 2 rings (SSSR count).